The molecule has 17 heteroatoms. The van der Waals surface area contributed by atoms with Gasteiger partial charge in [0.15, 0.2) is 23.0 Å². The molecule has 0 saturated carbocycles. The highest BCUT2D eigenvalue weighted by Gasteiger charge is 2.15. The summed E-state index contributed by atoms with van der Waals surface area (Å²) in [6.45, 7) is 33.0. The largest absolute Gasteiger partial charge is 0.486 e. The molecule has 0 aliphatic carbocycles. The number of rotatable bonds is 26. The Morgan fingerprint density at radius 3 is 0.959 bits per heavy atom. The average Bonchev–Trinajstić information content (AvgIpc) is 3.35. The van der Waals surface area contributed by atoms with Gasteiger partial charge in [-0.05, 0) is 125 Å². The standard InChI is InChI=1S/C29H32O8.C28H30O8.FH/c1-18(2)27(30)35-14-12-33-25-11-9-23(17-26(25)34-13-15-36-28(31)19(3)4)22-8-10-24(21(7)16-22)37-29(32)20(5)6;1-18(2)26(29)34-15-13-32-24-12-9-22(17-25(24)33-14-16-35-27(30)19(3)4)21-7-10-23(11-8-21)36-28(31)20(5)6;/h8-11,16-17H,1,3,5,12-15H2,2,4,6-7H3;7-12,17H,1,3,5,13-16H2,2,4,6H3;1H. The Morgan fingerprint density at radius 2 is 0.622 bits per heavy atom. The topological polar surface area (TPSA) is 195 Å². The van der Waals surface area contributed by atoms with Crippen LogP contribution in [0, 0.1) is 6.92 Å². The zero-order valence-corrected chi connectivity index (χ0v) is 42.8. The van der Waals surface area contributed by atoms with E-state index >= 15 is 0 Å². The second-order valence-corrected chi connectivity index (χ2v) is 16.2. The van der Waals surface area contributed by atoms with Gasteiger partial charge >= 0.3 is 35.8 Å². The molecule has 4 aromatic rings. The van der Waals surface area contributed by atoms with Gasteiger partial charge in [-0.2, -0.15) is 0 Å². The zero-order chi connectivity index (χ0) is 54.2. The lowest BCUT2D eigenvalue weighted by molar-refractivity contribution is -0.140. The third-order valence-electron chi connectivity index (χ3n) is 9.38. The van der Waals surface area contributed by atoms with Gasteiger partial charge in [0.05, 0.1) is 0 Å². The number of hydrogen-bond donors (Lipinski definition) is 0. The molecular weight excluding hydrogens is 960 g/mol. The Labute approximate surface area is 430 Å². The lowest BCUT2D eigenvalue weighted by Gasteiger charge is -2.15. The summed E-state index contributed by atoms with van der Waals surface area (Å²) in [4.78, 5) is 69.9. The fourth-order valence-corrected chi connectivity index (χ4v) is 5.52. The summed E-state index contributed by atoms with van der Waals surface area (Å²) < 4.78 is 54.0. The van der Waals surface area contributed by atoms with Crippen molar-refractivity contribution in [2.24, 2.45) is 0 Å². The molecule has 0 N–H and O–H groups in total. The van der Waals surface area contributed by atoms with Gasteiger partial charge in [-0.25, -0.2) is 28.8 Å². The molecule has 74 heavy (non-hydrogen) atoms. The van der Waals surface area contributed by atoms with E-state index in [-0.39, 0.29) is 57.6 Å². The molecular formula is C57H63FO16. The van der Waals surface area contributed by atoms with Crippen LogP contribution in [0.4, 0.5) is 4.70 Å². The number of carbonyl (C=O) groups is 6. The number of benzene rings is 4. The van der Waals surface area contributed by atoms with E-state index in [0.717, 1.165) is 27.8 Å². The summed E-state index contributed by atoms with van der Waals surface area (Å²) in [5.74, 6) is -0.502. The van der Waals surface area contributed by atoms with E-state index in [4.69, 9.17) is 47.4 Å². The molecule has 4 aromatic carbocycles. The number of hydrogen-bond acceptors (Lipinski definition) is 16. The van der Waals surface area contributed by atoms with Crippen LogP contribution >= 0.6 is 0 Å². The van der Waals surface area contributed by atoms with Gasteiger partial charge in [0.1, 0.15) is 64.4 Å². The van der Waals surface area contributed by atoms with Gasteiger partial charge in [-0.15, -0.1) is 0 Å². The van der Waals surface area contributed by atoms with Crippen LogP contribution in [0.1, 0.15) is 47.1 Å². The minimum absolute atomic E-state index is 0. The fraction of sp³-hybridized carbons (Fsp3) is 0.263. The summed E-state index contributed by atoms with van der Waals surface area (Å²) in [5, 5.41) is 0. The predicted octanol–water partition coefficient (Wildman–Crippen LogP) is 10.1. The number of halogens is 1. The molecule has 0 bridgehead atoms. The Balaban J connectivity index is 0.000000500. The maximum absolute atomic E-state index is 11.9. The maximum atomic E-state index is 11.9. The highest BCUT2D eigenvalue weighted by Crippen LogP contribution is 2.36. The number of aryl methyl sites for hydroxylation is 1. The number of esters is 6. The van der Waals surface area contributed by atoms with Crippen molar-refractivity contribution in [3.05, 3.63) is 157 Å². The molecule has 394 valence electrons. The normalized spacial score (nSPS) is 9.99. The Hall–Kier alpha value is -8.73. The fourth-order valence-electron chi connectivity index (χ4n) is 5.52. The highest BCUT2D eigenvalue weighted by atomic mass is 19.0. The summed E-state index contributed by atoms with van der Waals surface area (Å²) in [5.41, 5.74) is 5.88. The first kappa shape index (κ1) is 61.4. The van der Waals surface area contributed by atoms with E-state index in [0.29, 0.717) is 67.9 Å². The van der Waals surface area contributed by atoms with Crippen molar-refractivity contribution in [2.45, 2.75) is 48.5 Å². The van der Waals surface area contributed by atoms with E-state index in [9.17, 15) is 28.8 Å². The zero-order valence-electron chi connectivity index (χ0n) is 42.8. The van der Waals surface area contributed by atoms with E-state index < -0.39 is 35.8 Å². The van der Waals surface area contributed by atoms with Crippen molar-refractivity contribution in [1.82, 2.24) is 0 Å². The van der Waals surface area contributed by atoms with Crippen LogP contribution in [0.5, 0.6) is 34.5 Å². The molecule has 16 nitrogen and oxygen atoms in total. The van der Waals surface area contributed by atoms with E-state index in [1.165, 1.54) is 0 Å². The molecule has 0 spiro atoms. The molecule has 0 atom stereocenters. The van der Waals surface area contributed by atoms with E-state index in [1.807, 2.05) is 31.2 Å². The molecule has 0 unspecified atom stereocenters. The molecule has 0 saturated heterocycles. The lowest BCUT2D eigenvalue weighted by atomic mass is 10.0. The Kier molecular flexibility index (Phi) is 25.6. The van der Waals surface area contributed by atoms with Crippen molar-refractivity contribution in [2.75, 3.05) is 52.9 Å². The second-order valence-electron chi connectivity index (χ2n) is 16.2. The van der Waals surface area contributed by atoms with Crippen LogP contribution in [-0.2, 0) is 47.7 Å². The van der Waals surface area contributed by atoms with Crippen molar-refractivity contribution in [3.8, 4) is 56.8 Å². The molecule has 0 fully saturated rings. The van der Waals surface area contributed by atoms with Crippen LogP contribution in [0.15, 0.2) is 152 Å². The van der Waals surface area contributed by atoms with Crippen LogP contribution < -0.4 is 28.4 Å². The maximum Gasteiger partial charge on any atom is 0.338 e. The highest BCUT2D eigenvalue weighted by molar-refractivity contribution is 5.90. The third kappa shape index (κ3) is 20.9. The molecule has 0 amide bonds. The van der Waals surface area contributed by atoms with Crippen molar-refractivity contribution in [3.63, 3.8) is 0 Å². The molecule has 0 aliphatic rings. The summed E-state index contributed by atoms with van der Waals surface area (Å²) in [6, 6.07) is 23.0. The predicted molar refractivity (Wildman–Crippen MR) is 277 cm³/mol. The van der Waals surface area contributed by atoms with Gasteiger partial charge in [-0.1, -0.05) is 69.8 Å². The first-order valence-corrected chi connectivity index (χ1v) is 22.6. The first-order chi connectivity index (χ1) is 34.6. The SMILES string of the molecule is C=C(C)C(=O)OCCOc1ccc(-c2ccc(OC(=O)C(=C)C)c(C)c2)cc1OCCOC(=O)C(=C)C.C=C(C)C(=O)OCCOc1ccc(-c2ccc(OC(=O)C(=C)C)cc2)cc1OCCOC(=O)C(=C)C.F. The van der Waals surface area contributed by atoms with E-state index in [2.05, 4.69) is 39.5 Å². The lowest BCUT2D eigenvalue weighted by Crippen LogP contribution is -2.14. The van der Waals surface area contributed by atoms with Crippen LogP contribution in [0.25, 0.3) is 22.3 Å². The molecule has 0 heterocycles. The van der Waals surface area contributed by atoms with E-state index in [1.54, 1.807) is 96.1 Å². The minimum atomic E-state index is -0.504. The summed E-state index contributed by atoms with van der Waals surface area (Å²) in [6.07, 6.45) is 0. The van der Waals surface area contributed by atoms with Gasteiger partial charge in [0, 0.05) is 33.4 Å². The number of carbonyl (C=O) groups excluding carboxylic acids is 6. The molecule has 0 aromatic heterocycles. The van der Waals surface area contributed by atoms with Crippen molar-refractivity contribution in [1.29, 1.82) is 0 Å². The summed E-state index contributed by atoms with van der Waals surface area (Å²) >= 11 is 0. The molecule has 0 aliphatic heterocycles. The van der Waals surface area contributed by atoms with Gasteiger partial charge < -0.3 is 47.4 Å². The monoisotopic (exact) mass is 1020 g/mol. The van der Waals surface area contributed by atoms with Crippen LogP contribution in [0.2, 0.25) is 0 Å². The van der Waals surface area contributed by atoms with Crippen LogP contribution in [-0.4, -0.2) is 88.7 Å². The average molecular weight is 1020 g/mol. The quantitative estimate of drug-likeness (QED) is 0.0189. The number of ether oxygens (including phenoxy) is 10. The third-order valence-corrected chi connectivity index (χ3v) is 9.38. The summed E-state index contributed by atoms with van der Waals surface area (Å²) in [7, 11) is 0. The van der Waals surface area contributed by atoms with Crippen LogP contribution in [0.3, 0.4) is 0 Å². The first-order valence-electron chi connectivity index (χ1n) is 22.6. The Bertz CT molecular complexity index is 2730. The van der Waals surface area contributed by atoms with Crippen molar-refractivity contribution >= 4 is 35.8 Å². The van der Waals surface area contributed by atoms with Gasteiger partial charge in [0.2, 0.25) is 0 Å². The van der Waals surface area contributed by atoms with Gasteiger partial charge in [0.25, 0.3) is 0 Å². The molecule has 0 radical (unpaired) electrons. The molecule has 4 rings (SSSR count). The van der Waals surface area contributed by atoms with Crippen molar-refractivity contribution < 1.29 is 80.8 Å². The minimum Gasteiger partial charge on any atom is -0.486 e. The Morgan fingerprint density at radius 1 is 0.338 bits per heavy atom. The van der Waals surface area contributed by atoms with Gasteiger partial charge in [-0.3, -0.25) is 4.70 Å². The smallest absolute Gasteiger partial charge is 0.338 e. The second kappa shape index (κ2) is 30.9.